The van der Waals surface area contributed by atoms with Gasteiger partial charge in [-0.2, -0.15) is 0 Å². The molecule has 1 aromatic carbocycles. The minimum Gasteiger partial charge on any atom is -0.406 e. The topological polar surface area (TPSA) is 63.0 Å². The molecule has 0 aliphatic carbocycles. The molecule has 0 aliphatic heterocycles. The quantitative estimate of drug-likeness (QED) is 0.785. The Hall–Kier alpha value is -1.95. The van der Waals surface area contributed by atoms with Crippen LogP contribution < -0.4 is 10.6 Å². The Morgan fingerprint density at radius 1 is 1.32 bits per heavy atom. The lowest BCUT2D eigenvalue weighted by Crippen LogP contribution is -2.13. The largest absolute Gasteiger partial charge is 0.406 e. The zero-order valence-corrected chi connectivity index (χ0v) is 11.0. The lowest BCUT2D eigenvalue weighted by Gasteiger charge is -2.05. The number of anilines is 2. The van der Waals surface area contributed by atoms with Gasteiger partial charge in [-0.1, -0.05) is 18.1 Å². The summed E-state index contributed by atoms with van der Waals surface area (Å²) in [6.45, 7) is 5.21. The summed E-state index contributed by atoms with van der Waals surface area (Å²) in [7, 11) is 0. The Kier molecular flexibility index (Phi) is 4.46. The number of hydrogen-bond donors (Lipinski definition) is 2. The zero-order valence-electron chi connectivity index (χ0n) is 11.0. The van der Waals surface area contributed by atoms with Crippen LogP contribution in [-0.4, -0.2) is 16.7 Å². The molecule has 2 aromatic rings. The number of hydrogen-bond acceptors (Lipinski definition) is 5. The van der Waals surface area contributed by atoms with E-state index in [4.69, 9.17) is 4.42 Å². The lowest BCUT2D eigenvalue weighted by atomic mass is 10.2. The Labute approximate surface area is 111 Å². The summed E-state index contributed by atoms with van der Waals surface area (Å²) in [6, 6.07) is 5.07. The first kappa shape index (κ1) is 13.5. The number of nitrogens with zero attached hydrogens (tertiary/aromatic N) is 2. The molecule has 0 spiro atoms. The number of benzene rings is 1. The van der Waals surface area contributed by atoms with Crippen LogP contribution >= 0.6 is 0 Å². The van der Waals surface area contributed by atoms with Gasteiger partial charge in [0.25, 0.3) is 0 Å². The van der Waals surface area contributed by atoms with Crippen LogP contribution in [0.1, 0.15) is 24.8 Å². The third-order valence-corrected chi connectivity index (χ3v) is 2.68. The normalized spacial score (nSPS) is 10.7. The molecule has 102 valence electrons. The molecule has 1 aromatic heterocycles. The van der Waals surface area contributed by atoms with Crippen LogP contribution in [0.5, 0.6) is 0 Å². The standard InChI is InChI=1S/C13H17FN4O/c1-3-7-15-8-12-17-18-13(19-12)16-11-6-4-5-10(14)9(11)2/h4-6,15H,3,7-8H2,1-2H3,(H,16,18). The second-order valence-electron chi connectivity index (χ2n) is 4.22. The highest BCUT2D eigenvalue weighted by Gasteiger charge is 2.08. The molecule has 0 bridgehead atoms. The predicted molar refractivity (Wildman–Crippen MR) is 70.7 cm³/mol. The van der Waals surface area contributed by atoms with Crippen molar-refractivity contribution in [1.82, 2.24) is 15.5 Å². The van der Waals surface area contributed by atoms with Crippen LogP contribution in [0.25, 0.3) is 0 Å². The number of rotatable bonds is 6. The van der Waals surface area contributed by atoms with Gasteiger partial charge in [-0.15, -0.1) is 5.10 Å². The maximum absolute atomic E-state index is 13.4. The molecular weight excluding hydrogens is 247 g/mol. The van der Waals surface area contributed by atoms with Crippen molar-refractivity contribution in [2.75, 3.05) is 11.9 Å². The van der Waals surface area contributed by atoms with E-state index in [1.807, 2.05) is 0 Å². The third-order valence-electron chi connectivity index (χ3n) is 2.68. The molecule has 0 saturated carbocycles. The summed E-state index contributed by atoms with van der Waals surface area (Å²) >= 11 is 0. The van der Waals surface area contributed by atoms with Crippen molar-refractivity contribution < 1.29 is 8.81 Å². The molecule has 0 amide bonds. The zero-order chi connectivity index (χ0) is 13.7. The number of nitrogens with one attached hydrogen (secondary N) is 2. The average molecular weight is 264 g/mol. The smallest absolute Gasteiger partial charge is 0.320 e. The monoisotopic (exact) mass is 264 g/mol. The van der Waals surface area contributed by atoms with Crippen LogP contribution in [-0.2, 0) is 6.54 Å². The Bertz CT molecular complexity index is 541. The number of aromatic nitrogens is 2. The van der Waals surface area contributed by atoms with E-state index in [0.29, 0.717) is 23.7 Å². The number of halogens is 1. The van der Waals surface area contributed by atoms with Gasteiger partial charge >= 0.3 is 6.01 Å². The van der Waals surface area contributed by atoms with Crippen LogP contribution in [0.2, 0.25) is 0 Å². The van der Waals surface area contributed by atoms with E-state index in [9.17, 15) is 4.39 Å². The molecule has 0 radical (unpaired) electrons. The summed E-state index contributed by atoms with van der Waals surface area (Å²) < 4.78 is 18.8. The fourth-order valence-corrected chi connectivity index (χ4v) is 1.61. The van der Waals surface area contributed by atoms with Gasteiger partial charge < -0.3 is 15.1 Å². The minimum atomic E-state index is -0.269. The van der Waals surface area contributed by atoms with Crippen molar-refractivity contribution in [3.8, 4) is 0 Å². The predicted octanol–water partition coefficient (Wildman–Crippen LogP) is 2.76. The highest BCUT2D eigenvalue weighted by molar-refractivity contribution is 5.57. The van der Waals surface area contributed by atoms with Gasteiger partial charge in [-0.25, -0.2) is 4.39 Å². The summed E-state index contributed by atoms with van der Waals surface area (Å²) in [5.74, 6) is 0.236. The first-order valence-electron chi connectivity index (χ1n) is 6.26. The van der Waals surface area contributed by atoms with Crippen LogP contribution in [0, 0.1) is 12.7 Å². The van der Waals surface area contributed by atoms with Crippen molar-refractivity contribution >= 4 is 11.7 Å². The van der Waals surface area contributed by atoms with Crippen molar-refractivity contribution in [3.63, 3.8) is 0 Å². The van der Waals surface area contributed by atoms with Crippen LogP contribution in [0.4, 0.5) is 16.1 Å². The molecule has 5 nitrogen and oxygen atoms in total. The van der Waals surface area contributed by atoms with E-state index >= 15 is 0 Å². The van der Waals surface area contributed by atoms with Crippen LogP contribution in [0.15, 0.2) is 22.6 Å². The molecule has 0 saturated heterocycles. The van der Waals surface area contributed by atoms with Crippen molar-refractivity contribution in [2.45, 2.75) is 26.8 Å². The molecule has 2 rings (SSSR count). The molecule has 0 aliphatic rings. The van der Waals surface area contributed by atoms with Gasteiger partial charge in [0.05, 0.1) is 6.54 Å². The second-order valence-corrected chi connectivity index (χ2v) is 4.22. The van der Waals surface area contributed by atoms with E-state index in [1.165, 1.54) is 6.07 Å². The van der Waals surface area contributed by atoms with Crippen molar-refractivity contribution in [3.05, 3.63) is 35.5 Å². The fourth-order valence-electron chi connectivity index (χ4n) is 1.61. The molecule has 19 heavy (non-hydrogen) atoms. The first-order chi connectivity index (χ1) is 9.20. The molecule has 0 fully saturated rings. The van der Waals surface area contributed by atoms with Gasteiger partial charge in [0.1, 0.15) is 5.82 Å². The third kappa shape index (κ3) is 3.51. The molecule has 0 atom stereocenters. The van der Waals surface area contributed by atoms with Gasteiger partial charge in [0.2, 0.25) is 5.89 Å². The molecular formula is C13H17FN4O. The highest BCUT2D eigenvalue weighted by Crippen LogP contribution is 2.21. The maximum atomic E-state index is 13.4. The van der Waals surface area contributed by atoms with Gasteiger partial charge in [0.15, 0.2) is 0 Å². The second kappa shape index (κ2) is 6.29. The van der Waals surface area contributed by atoms with E-state index in [0.717, 1.165) is 13.0 Å². The lowest BCUT2D eigenvalue weighted by molar-refractivity contribution is 0.479. The summed E-state index contributed by atoms with van der Waals surface area (Å²) in [5, 5.41) is 13.9. The SMILES string of the molecule is CCCNCc1nnc(Nc2cccc(F)c2C)o1. The Morgan fingerprint density at radius 2 is 2.16 bits per heavy atom. The molecule has 2 N–H and O–H groups in total. The van der Waals surface area contributed by atoms with Crippen molar-refractivity contribution in [2.24, 2.45) is 0 Å². The summed E-state index contributed by atoms with van der Waals surface area (Å²) in [4.78, 5) is 0. The molecule has 6 heteroatoms. The highest BCUT2D eigenvalue weighted by atomic mass is 19.1. The molecule has 1 heterocycles. The van der Waals surface area contributed by atoms with Gasteiger partial charge in [0, 0.05) is 11.3 Å². The minimum absolute atomic E-state index is 0.266. The van der Waals surface area contributed by atoms with E-state index in [-0.39, 0.29) is 11.8 Å². The van der Waals surface area contributed by atoms with Crippen LogP contribution in [0.3, 0.4) is 0 Å². The fraction of sp³-hybridized carbons (Fsp3) is 0.385. The average Bonchev–Trinajstić information content (AvgIpc) is 2.83. The van der Waals surface area contributed by atoms with Gasteiger partial charge in [-0.05, 0) is 32.0 Å². The van der Waals surface area contributed by atoms with Crippen molar-refractivity contribution in [1.29, 1.82) is 0 Å². The van der Waals surface area contributed by atoms with E-state index < -0.39 is 0 Å². The summed E-state index contributed by atoms with van der Waals surface area (Å²) in [5.41, 5.74) is 1.14. The Balaban J connectivity index is 2.01. The summed E-state index contributed by atoms with van der Waals surface area (Å²) in [6.07, 6.45) is 1.04. The molecule has 0 unspecified atom stereocenters. The van der Waals surface area contributed by atoms with E-state index in [2.05, 4.69) is 27.8 Å². The first-order valence-corrected chi connectivity index (χ1v) is 6.26. The maximum Gasteiger partial charge on any atom is 0.320 e. The van der Waals surface area contributed by atoms with Gasteiger partial charge in [-0.3, -0.25) is 0 Å². The Morgan fingerprint density at radius 3 is 2.95 bits per heavy atom. The van der Waals surface area contributed by atoms with E-state index in [1.54, 1.807) is 19.1 Å².